The maximum Gasteiger partial charge on any atom is 0.381 e. The van der Waals surface area contributed by atoms with Crippen LogP contribution in [0.1, 0.15) is 5.56 Å². The van der Waals surface area contributed by atoms with Crippen LogP contribution in [0.5, 0.6) is 0 Å². The molecule has 1 aromatic rings. The van der Waals surface area contributed by atoms with Crippen molar-refractivity contribution in [1.29, 1.82) is 0 Å². The third-order valence-electron chi connectivity index (χ3n) is 2.09. The summed E-state index contributed by atoms with van der Waals surface area (Å²) >= 11 is 0. The number of rotatable bonds is 3. The van der Waals surface area contributed by atoms with E-state index in [1.807, 2.05) is 0 Å². The molecule has 1 aromatic carbocycles. The van der Waals surface area contributed by atoms with Gasteiger partial charge in [-0.3, -0.25) is 0 Å². The van der Waals surface area contributed by atoms with E-state index in [0.29, 0.717) is 0 Å². The maximum absolute atomic E-state index is 13.4. The molecule has 0 N–H and O–H groups in total. The average Bonchev–Trinajstić information content (AvgIpc) is 2.27. The fraction of sp³-hybridized carbons (Fsp3) is 0.300. The van der Waals surface area contributed by atoms with Gasteiger partial charge in [-0.25, -0.2) is 13.2 Å². The van der Waals surface area contributed by atoms with E-state index in [9.17, 15) is 22.0 Å². The van der Waals surface area contributed by atoms with Crippen LogP contribution in [0.4, 0.5) is 8.78 Å². The molecule has 0 heterocycles. The molecule has 94 valence electrons. The Morgan fingerprint density at radius 2 is 1.71 bits per heavy atom. The Kier molecular flexibility index (Phi) is 3.51. The normalized spacial score (nSPS) is 12.2. The molecule has 0 radical (unpaired) electrons. The highest BCUT2D eigenvalue weighted by molar-refractivity contribution is 7.90. The van der Waals surface area contributed by atoms with Gasteiger partial charge in [0, 0.05) is 11.8 Å². The molecule has 0 aliphatic heterocycles. The first-order valence-corrected chi connectivity index (χ1v) is 6.35. The first-order valence-electron chi connectivity index (χ1n) is 4.46. The Labute approximate surface area is 97.1 Å². The van der Waals surface area contributed by atoms with Gasteiger partial charge in [0.25, 0.3) is 0 Å². The minimum absolute atomic E-state index is 0.0954. The third-order valence-corrected chi connectivity index (χ3v) is 3.22. The predicted octanol–water partition coefficient (Wildman–Crippen LogP) is 1.35. The molecule has 0 fully saturated rings. The topological polar surface area (TPSA) is 60.4 Å². The number of benzene rings is 1. The molecule has 7 heteroatoms. The summed E-state index contributed by atoms with van der Waals surface area (Å²) in [5, 5.41) is 0. The van der Waals surface area contributed by atoms with Crippen LogP contribution < -0.4 is 0 Å². The molecular weight excluding hydrogens is 254 g/mol. The van der Waals surface area contributed by atoms with Gasteiger partial charge in [0.2, 0.25) is 0 Å². The van der Waals surface area contributed by atoms with Crippen molar-refractivity contribution in [2.75, 3.05) is 13.4 Å². The van der Waals surface area contributed by atoms with Gasteiger partial charge in [-0.2, -0.15) is 8.78 Å². The summed E-state index contributed by atoms with van der Waals surface area (Å²) < 4.78 is 52.9. The van der Waals surface area contributed by atoms with E-state index < -0.39 is 27.3 Å². The molecule has 0 saturated carbocycles. The van der Waals surface area contributed by atoms with Crippen LogP contribution in [-0.4, -0.2) is 27.8 Å². The summed E-state index contributed by atoms with van der Waals surface area (Å²) in [6.45, 7) is 0. The quantitative estimate of drug-likeness (QED) is 0.773. The van der Waals surface area contributed by atoms with Crippen LogP contribution >= 0.6 is 0 Å². The molecule has 0 spiro atoms. The van der Waals surface area contributed by atoms with Crippen molar-refractivity contribution in [3.8, 4) is 0 Å². The van der Waals surface area contributed by atoms with Gasteiger partial charge in [0.15, 0.2) is 9.84 Å². The molecule has 0 bridgehead atoms. The zero-order valence-electron chi connectivity index (χ0n) is 9.11. The van der Waals surface area contributed by atoms with Crippen LogP contribution in [0.2, 0.25) is 0 Å². The number of sulfone groups is 1. The number of alkyl halides is 2. The molecule has 0 amide bonds. The van der Waals surface area contributed by atoms with E-state index in [-0.39, 0.29) is 4.90 Å². The summed E-state index contributed by atoms with van der Waals surface area (Å²) in [5.74, 6) is -5.48. The zero-order chi connectivity index (χ0) is 13.3. The summed E-state index contributed by atoms with van der Waals surface area (Å²) in [7, 11) is -2.60. The number of halogens is 2. The fourth-order valence-electron chi connectivity index (χ4n) is 1.16. The number of carbonyl (C=O) groups is 1. The second kappa shape index (κ2) is 4.40. The molecule has 4 nitrogen and oxygen atoms in total. The Morgan fingerprint density at radius 3 is 2.06 bits per heavy atom. The van der Waals surface area contributed by atoms with Crippen molar-refractivity contribution in [1.82, 2.24) is 0 Å². The fourth-order valence-corrected chi connectivity index (χ4v) is 1.79. The first-order chi connectivity index (χ1) is 7.69. The van der Waals surface area contributed by atoms with Crippen LogP contribution in [-0.2, 0) is 25.3 Å². The van der Waals surface area contributed by atoms with E-state index in [4.69, 9.17) is 0 Å². The monoisotopic (exact) mass is 264 g/mol. The number of hydrogen-bond donors (Lipinski definition) is 0. The molecule has 0 aromatic heterocycles. The third kappa shape index (κ3) is 2.79. The molecule has 0 aliphatic carbocycles. The molecule has 0 unspecified atom stereocenters. The Balaban J connectivity index is 3.16. The van der Waals surface area contributed by atoms with Crippen LogP contribution in [0.3, 0.4) is 0 Å². The van der Waals surface area contributed by atoms with Crippen LogP contribution in [0, 0.1) is 0 Å². The SMILES string of the molecule is COC(=O)C(F)(F)c1ccc(S(C)(=O)=O)cc1. The molecule has 1 rings (SSSR count). The number of ether oxygens (including phenoxy) is 1. The molecule has 0 saturated heterocycles. The smallest absolute Gasteiger partial charge is 0.381 e. The lowest BCUT2D eigenvalue weighted by Gasteiger charge is -2.13. The van der Waals surface area contributed by atoms with Gasteiger partial charge >= 0.3 is 11.9 Å². The molecule has 0 atom stereocenters. The summed E-state index contributed by atoms with van der Waals surface area (Å²) in [6.07, 6.45) is 0.959. The van der Waals surface area contributed by atoms with Crippen molar-refractivity contribution in [3.05, 3.63) is 29.8 Å². The minimum Gasteiger partial charge on any atom is -0.464 e. The lowest BCUT2D eigenvalue weighted by atomic mass is 10.1. The highest BCUT2D eigenvalue weighted by Crippen LogP contribution is 2.29. The van der Waals surface area contributed by atoms with E-state index in [2.05, 4.69) is 4.74 Å². The number of hydrogen-bond acceptors (Lipinski definition) is 4. The average molecular weight is 264 g/mol. The zero-order valence-corrected chi connectivity index (χ0v) is 9.92. The minimum atomic E-state index is -3.79. The highest BCUT2D eigenvalue weighted by Gasteiger charge is 2.42. The molecule has 0 aliphatic rings. The Bertz CT molecular complexity index is 520. The van der Waals surface area contributed by atoms with E-state index in [1.165, 1.54) is 0 Å². The number of esters is 1. The Morgan fingerprint density at radius 1 is 1.24 bits per heavy atom. The van der Waals surface area contributed by atoms with E-state index in [1.54, 1.807) is 0 Å². The highest BCUT2D eigenvalue weighted by atomic mass is 32.2. The lowest BCUT2D eigenvalue weighted by Crippen LogP contribution is -2.27. The maximum atomic E-state index is 13.4. The van der Waals surface area contributed by atoms with Gasteiger partial charge in [0.1, 0.15) is 0 Å². The molecule has 17 heavy (non-hydrogen) atoms. The van der Waals surface area contributed by atoms with Crippen molar-refractivity contribution < 1.29 is 26.7 Å². The number of methoxy groups -OCH3 is 1. The number of carbonyl (C=O) groups excluding carboxylic acids is 1. The van der Waals surface area contributed by atoms with Crippen molar-refractivity contribution in [2.24, 2.45) is 0 Å². The van der Waals surface area contributed by atoms with E-state index in [0.717, 1.165) is 37.6 Å². The first kappa shape index (κ1) is 13.6. The van der Waals surface area contributed by atoms with Crippen molar-refractivity contribution in [2.45, 2.75) is 10.8 Å². The molecular formula is C10H10F2O4S. The van der Waals surface area contributed by atoms with E-state index >= 15 is 0 Å². The summed E-state index contributed by atoms with van der Waals surface area (Å²) in [6, 6.07) is 3.80. The van der Waals surface area contributed by atoms with Crippen LogP contribution in [0.15, 0.2) is 29.2 Å². The largest absolute Gasteiger partial charge is 0.464 e. The Hall–Kier alpha value is -1.50. The van der Waals surface area contributed by atoms with Gasteiger partial charge in [-0.05, 0) is 12.1 Å². The van der Waals surface area contributed by atoms with Gasteiger partial charge in [-0.1, -0.05) is 12.1 Å². The predicted molar refractivity (Wildman–Crippen MR) is 55.5 cm³/mol. The summed E-state index contributed by atoms with van der Waals surface area (Å²) in [5.41, 5.74) is -0.614. The standard InChI is InChI=1S/C10H10F2O4S/c1-16-9(13)10(11,12)7-3-5-8(6-4-7)17(2,14)15/h3-6H,1-2H3. The second-order valence-electron chi connectivity index (χ2n) is 3.36. The lowest BCUT2D eigenvalue weighted by molar-refractivity contribution is -0.170. The van der Waals surface area contributed by atoms with Crippen molar-refractivity contribution >= 4 is 15.8 Å². The van der Waals surface area contributed by atoms with Gasteiger partial charge in [-0.15, -0.1) is 0 Å². The second-order valence-corrected chi connectivity index (χ2v) is 5.38. The van der Waals surface area contributed by atoms with Gasteiger partial charge < -0.3 is 4.74 Å². The van der Waals surface area contributed by atoms with Crippen molar-refractivity contribution in [3.63, 3.8) is 0 Å². The van der Waals surface area contributed by atoms with Gasteiger partial charge in [0.05, 0.1) is 12.0 Å². The summed E-state index contributed by atoms with van der Waals surface area (Å²) in [4.78, 5) is 10.7. The van der Waals surface area contributed by atoms with Crippen LogP contribution in [0.25, 0.3) is 0 Å².